The summed E-state index contributed by atoms with van der Waals surface area (Å²) in [6, 6.07) is 0. The molecule has 3 N–H and O–H groups in total. The van der Waals surface area contributed by atoms with E-state index in [0.29, 0.717) is 6.61 Å². The third-order valence-electron chi connectivity index (χ3n) is 5.32. The van der Waals surface area contributed by atoms with Crippen LogP contribution in [0.1, 0.15) is 90.4 Å². The maximum atomic E-state index is 9.81. The van der Waals surface area contributed by atoms with Gasteiger partial charge in [-0.15, -0.1) is 0 Å². The van der Waals surface area contributed by atoms with Crippen LogP contribution in [0, 0.1) is 0 Å². The second-order valence-corrected chi connectivity index (χ2v) is 7.69. The van der Waals surface area contributed by atoms with Crippen LogP contribution in [0.2, 0.25) is 0 Å². The van der Waals surface area contributed by atoms with E-state index in [1.165, 1.54) is 70.6 Å². The molecule has 0 aromatic heterocycles. The van der Waals surface area contributed by atoms with Gasteiger partial charge in [-0.25, -0.2) is 0 Å². The molecule has 5 heteroatoms. The Morgan fingerprint density at radius 1 is 0.846 bits per heavy atom. The van der Waals surface area contributed by atoms with Gasteiger partial charge in [0.1, 0.15) is 24.4 Å². The molecule has 1 rings (SSSR count). The summed E-state index contributed by atoms with van der Waals surface area (Å²) in [5, 5.41) is 28.7. The Bertz CT molecular complexity index is 313. The van der Waals surface area contributed by atoms with Crippen molar-refractivity contribution in [1.82, 2.24) is 0 Å². The van der Waals surface area contributed by atoms with Gasteiger partial charge in [-0.1, -0.05) is 84.0 Å². The van der Waals surface area contributed by atoms with E-state index in [0.717, 1.165) is 12.8 Å². The number of aliphatic hydroxyl groups is 3. The second kappa shape index (κ2) is 15.8. The van der Waals surface area contributed by atoms with E-state index in [4.69, 9.17) is 9.47 Å². The molecule has 0 bridgehead atoms. The molecule has 4 atom stereocenters. The fourth-order valence-corrected chi connectivity index (χ4v) is 3.56. The SMILES string of the molecule is CCCCCCCCCCCCCCCO[C@@H](CO)[C@@H]1OC[C@@H](O)[C@@H]1O. The Morgan fingerprint density at radius 2 is 1.35 bits per heavy atom. The van der Waals surface area contributed by atoms with Crippen LogP contribution in [0.4, 0.5) is 0 Å². The first-order valence-electron chi connectivity index (χ1n) is 10.9. The fraction of sp³-hybridized carbons (Fsp3) is 1.00. The Hall–Kier alpha value is -0.200. The highest BCUT2D eigenvalue weighted by molar-refractivity contribution is 4.88. The van der Waals surface area contributed by atoms with Gasteiger partial charge in [0, 0.05) is 6.61 Å². The molecule has 0 aliphatic carbocycles. The van der Waals surface area contributed by atoms with Crippen molar-refractivity contribution in [3.63, 3.8) is 0 Å². The van der Waals surface area contributed by atoms with Crippen molar-refractivity contribution in [2.75, 3.05) is 19.8 Å². The summed E-state index contributed by atoms with van der Waals surface area (Å²) in [6.45, 7) is 2.72. The first kappa shape index (κ1) is 23.8. The predicted octanol–water partition coefficient (Wildman–Crippen LogP) is 3.58. The smallest absolute Gasteiger partial charge is 0.114 e. The summed E-state index contributed by atoms with van der Waals surface area (Å²) < 4.78 is 11.0. The average molecular weight is 375 g/mol. The van der Waals surface area contributed by atoms with Gasteiger partial charge in [-0.3, -0.25) is 0 Å². The van der Waals surface area contributed by atoms with Crippen LogP contribution in [0.3, 0.4) is 0 Å². The predicted molar refractivity (Wildman–Crippen MR) is 104 cm³/mol. The van der Waals surface area contributed by atoms with Crippen LogP contribution in [0.15, 0.2) is 0 Å². The molecule has 0 aromatic rings. The van der Waals surface area contributed by atoms with Crippen LogP contribution in [-0.2, 0) is 9.47 Å². The number of rotatable bonds is 17. The van der Waals surface area contributed by atoms with Crippen molar-refractivity contribution in [2.24, 2.45) is 0 Å². The molecule has 1 heterocycles. The Balaban J connectivity index is 1.87. The summed E-state index contributed by atoms with van der Waals surface area (Å²) in [5.74, 6) is 0. The van der Waals surface area contributed by atoms with Gasteiger partial charge < -0.3 is 24.8 Å². The minimum Gasteiger partial charge on any atom is -0.394 e. The molecule has 0 unspecified atom stereocenters. The lowest BCUT2D eigenvalue weighted by Gasteiger charge is -2.24. The van der Waals surface area contributed by atoms with Gasteiger partial charge in [0.2, 0.25) is 0 Å². The maximum absolute atomic E-state index is 9.81. The minimum absolute atomic E-state index is 0.102. The summed E-state index contributed by atoms with van der Waals surface area (Å²) in [6.07, 6.45) is 13.9. The Labute approximate surface area is 160 Å². The van der Waals surface area contributed by atoms with E-state index >= 15 is 0 Å². The molecule has 26 heavy (non-hydrogen) atoms. The number of hydrogen-bond donors (Lipinski definition) is 3. The first-order chi connectivity index (χ1) is 12.7. The van der Waals surface area contributed by atoms with Crippen LogP contribution < -0.4 is 0 Å². The second-order valence-electron chi connectivity index (χ2n) is 7.69. The van der Waals surface area contributed by atoms with Crippen molar-refractivity contribution in [3.8, 4) is 0 Å². The standard InChI is InChI=1S/C21H42O5/c1-2-3-4-5-6-7-8-9-10-11-12-13-14-15-25-19(16-22)21-20(24)18(23)17-26-21/h18-24H,2-17H2,1H3/t18-,19+,20+,21+/m1/s1. The van der Waals surface area contributed by atoms with Crippen LogP contribution in [-0.4, -0.2) is 59.6 Å². The van der Waals surface area contributed by atoms with Gasteiger partial charge >= 0.3 is 0 Å². The third kappa shape index (κ3) is 10.2. The topological polar surface area (TPSA) is 79.2 Å². The minimum atomic E-state index is -0.973. The highest BCUT2D eigenvalue weighted by Crippen LogP contribution is 2.20. The molecule has 1 fully saturated rings. The van der Waals surface area contributed by atoms with E-state index in [9.17, 15) is 15.3 Å². The molecular weight excluding hydrogens is 332 g/mol. The quantitative estimate of drug-likeness (QED) is 0.339. The first-order valence-corrected chi connectivity index (χ1v) is 10.9. The molecule has 0 spiro atoms. The van der Waals surface area contributed by atoms with Gasteiger partial charge in [0.05, 0.1) is 13.2 Å². The summed E-state index contributed by atoms with van der Waals surface area (Å²) in [7, 11) is 0. The van der Waals surface area contributed by atoms with Gasteiger partial charge in [-0.2, -0.15) is 0 Å². The molecule has 0 aromatic carbocycles. The monoisotopic (exact) mass is 374 g/mol. The van der Waals surface area contributed by atoms with E-state index < -0.39 is 24.4 Å². The van der Waals surface area contributed by atoms with Gasteiger partial charge in [0.15, 0.2) is 0 Å². The van der Waals surface area contributed by atoms with Crippen molar-refractivity contribution < 1.29 is 24.8 Å². The zero-order chi connectivity index (χ0) is 19.0. The van der Waals surface area contributed by atoms with Crippen LogP contribution in [0.5, 0.6) is 0 Å². The number of unbranched alkanes of at least 4 members (excludes halogenated alkanes) is 12. The van der Waals surface area contributed by atoms with Crippen molar-refractivity contribution >= 4 is 0 Å². The van der Waals surface area contributed by atoms with Crippen LogP contribution in [0.25, 0.3) is 0 Å². The number of ether oxygens (including phenoxy) is 2. The molecule has 156 valence electrons. The maximum Gasteiger partial charge on any atom is 0.114 e. The highest BCUT2D eigenvalue weighted by atomic mass is 16.6. The zero-order valence-electron chi connectivity index (χ0n) is 16.8. The van der Waals surface area contributed by atoms with Gasteiger partial charge in [0.25, 0.3) is 0 Å². The lowest BCUT2D eigenvalue weighted by Crippen LogP contribution is -2.42. The lowest BCUT2D eigenvalue weighted by atomic mass is 10.0. The molecular formula is C21H42O5. The van der Waals surface area contributed by atoms with Gasteiger partial charge in [-0.05, 0) is 6.42 Å². The Kier molecular flexibility index (Phi) is 14.5. The molecule has 5 nitrogen and oxygen atoms in total. The highest BCUT2D eigenvalue weighted by Gasteiger charge is 2.40. The average Bonchev–Trinajstić information content (AvgIpc) is 2.98. The van der Waals surface area contributed by atoms with E-state index in [2.05, 4.69) is 6.92 Å². The zero-order valence-corrected chi connectivity index (χ0v) is 16.8. The summed E-state index contributed by atoms with van der Waals surface area (Å²) >= 11 is 0. The number of aliphatic hydroxyl groups excluding tert-OH is 3. The molecule has 1 aliphatic heterocycles. The molecule has 0 amide bonds. The fourth-order valence-electron chi connectivity index (χ4n) is 3.56. The van der Waals surface area contributed by atoms with E-state index in [1.54, 1.807) is 0 Å². The van der Waals surface area contributed by atoms with Crippen molar-refractivity contribution in [2.45, 2.75) is 115 Å². The van der Waals surface area contributed by atoms with E-state index in [1.807, 2.05) is 0 Å². The molecule has 1 aliphatic rings. The van der Waals surface area contributed by atoms with Crippen molar-refractivity contribution in [3.05, 3.63) is 0 Å². The van der Waals surface area contributed by atoms with Crippen molar-refractivity contribution in [1.29, 1.82) is 0 Å². The molecule has 0 radical (unpaired) electrons. The van der Waals surface area contributed by atoms with Crippen LogP contribution >= 0.6 is 0 Å². The summed E-state index contributed by atoms with van der Waals surface area (Å²) in [4.78, 5) is 0. The lowest BCUT2D eigenvalue weighted by molar-refractivity contribution is -0.101. The normalized spacial score (nSPS) is 24.2. The summed E-state index contributed by atoms with van der Waals surface area (Å²) in [5.41, 5.74) is 0. The number of hydrogen-bond acceptors (Lipinski definition) is 5. The Morgan fingerprint density at radius 3 is 1.77 bits per heavy atom. The third-order valence-corrected chi connectivity index (χ3v) is 5.32. The largest absolute Gasteiger partial charge is 0.394 e. The van der Waals surface area contributed by atoms with E-state index in [-0.39, 0.29) is 13.2 Å². The molecule has 1 saturated heterocycles. The molecule has 0 saturated carbocycles.